The van der Waals surface area contributed by atoms with Crippen LogP contribution in [0.15, 0.2) is 4.63 Å². The van der Waals surface area contributed by atoms with Crippen molar-refractivity contribution in [2.45, 2.75) is 39.2 Å². The number of nitrogens with zero attached hydrogens (tertiary/aromatic N) is 3. The van der Waals surface area contributed by atoms with Crippen LogP contribution >= 0.6 is 0 Å². The van der Waals surface area contributed by atoms with Gasteiger partial charge in [-0.05, 0) is 26.8 Å². The third-order valence-corrected chi connectivity index (χ3v) is 3.77. The van der Waals surface area contributed by atoms with Gasteiger partial charge in [0.25, 0.3) is 0 Å². The van der Waals surface area contributed by atoms with E-state index in [1.807, 2.05) is 6.92 Å². The average Bonchev–Trinajstić information content (AvgIpc) is 2.90. The summed E-state index contributed by atoms with van der Waals surface area (Å²) in [4.78, 5) is 2.20. The Labute approximate surface area is 102 Å². The molecule has 1 aromatic rings. The standard InChI is InChI=1S/C12H21N3O2/c1-10-11(14-17-13-10)7-15(2)8-12(9-16)5-3-4-6-12/h16H,3-9H2,1-2H3. The van der Waals surface area contributed by atoms with Gasteiger partial charge in [0.15, 0.2) is 0 Å². The molecule has 0 unspecified atom stereocenters. The molecule has 1 N–H and O–H groups in total. The lowest BCUT2D eigenvalue weighted by molar-refractivity contribution is 0.0854. The highest BCUT2D eigenvalue weighted by atomic mass is 16.6. The van der Waals surface area contributed by atoms with Crippen LogP contribution in [0.1, 0.15) is 37.1 Å². The fraction of sp³-hybridized carbons (Fsp3) is 0.833. The van der Waals surface area contributed by atoms with E-state index < -0.39 is 0 Å². The molecule has 1 saturated carbocycles. The van der Waals surface area contributed by atoms with E-state index in [0.29, 0.717) is 0 Å². The maximum atomic E-state index is 9.57. The summed E-state index contributed by atoms with van der Waals surface area (Å²) in [6.07, 6.45) is 4.73. The Hall–Kier alpha value is -0.940. The molecular formula is C12H21N3O2. The zero-order valence-corrected chi connectivity index (χ0v) is 10.6. The summed E-state index contributed by atoms with van der Waals surface area (Å²) in [6, 6.07) is 0. The summed E-state index contributed by atoms with van der Waals surface area (Å²) in [5, 5.41) is 17.2. The van der Waals surface area contributed by atoms with E-state index in [0.717, 1.165) is 37.3 Å². The third kappa shape index (κ3) is 2.84. The summed E-state index contributed by atoms with van der Waals surface area (Å²) < 4.78 is 4.69. The number of hydrogen-bond donors (Lipinski definition) is 1. The molecule has 1 aliphatic carbocycles. The molecule has 1 aromatic heterocycles. The largest absolute Gasteiger partial charge is 0.396 e. The summed E-state index contributed by atoms with van der Waals surface area (Å²) in [6.45, 7) is 3.83. The van der Waals surface area contributed by atoms with Crippen molar-refractivity contribution in [3.05, 3.63) is 11.4 Å². The van der Waals surface area contributed by atoms with Crippen LogP contribution in [-0.4, -0.2) is 40.5 Å². The van der Waals surface area contributed by atoms with Gasteiger partial charge in [-0.3, -0.25) is 4.90 Å². The Balaban J connectivity index is 1.92. The van der Waals surface area contributed by atoms with E-state index in [2.05, 4.69) is 22.3 Å². The molecule has 0 saturated heterocycles. The molecule has 1 heterocycles. The molecule has 1 aliphatic rings. The van der Waals surface area contributed by atoms with Crippen molar-refractivity contribution in [3.63, 3.8) is 0 Å². The molecule has 17 heavy (non-hydrogen) atoms. The topological polar surface area (TPSA) is 62.4 Å². The molecule has 1 fully saturated rings. The van der Waals surface area contributed by atoms with Crippen molar-refractivity contribution in [2.75, 3.05) is 20.2 Å². The predicted octanol–water partition coefficient (Wildman–Crippen LogP) is 1.36. The molecule has 96 valence electrons. The smallest absolute Gasteiger partial charge is 0.122 e. The van der Waals surface area contributed by atoms with E-state index in [1.165, 1.54) is 12.8 Å². The van der Waals surface area contributed by atoms with Crippen molar-refractivity contribution in [1.29, 1.82) is 0 Å². The number of aryl methyl sites for hydroxylation is 1. The van der Waals surface area contributed by atoms with Crippen molar-refractivity contribution in [1.82, 2.24) is 15.2 Å². The quantitative estimate of drug-likeness (QED) is 0.840. The van der Waals surface area contributed by atoms with E-state index in [-0.39, 0.29) is 12.0 Å². The maximum absolute atomic E-state index is 9.57. The van der Waals surface area contributed by atoms with Crippen LogP contribution in [0.4, 0.5) is 0 Å². The third-order valence-electron chi connectivity index (χ3n) is 3.77. The zero-order valence-electron chi connectivity index (χ0n) is 10.6. The number of rotatable bonds is 5. The van der Waals surface area contributed by atoms with Gasteiger partial charge in [-0.2, -0.15) is 0 Å². The van der Waals surface area contributed by atoms with E-state index >= 15 is 0 Å². The van der Waals surface area contributed by atoms with Gasteiger partial charge in [0.1, 0.15) is 11.4 Å². The Morgan fingerprint density at radius 1 is 1.35 bits per heavy atom. The van der Waals surface area contributed by atoms with Crippen molar-refractivity contribution in [3.8, 4) is 0 Å². The van der Waals surface area contributed by atoms with E-state index in [1.54, 1.807) is 0 Å². The number of aliphatic hydroxyl groups excluding tert-OH is 1. The Bertz CT molecular complexity index is 358. The second-order valence-electron chi connectivity index (χ2n) is 5.33. The lowest BCUT2D eigenvalue weighted by Crippen LogP contribution is -2.36. The van der Waals surface area contributed by atoms with Crippen LogP contribution in [0.3, 0.4) is 0 Å². The summed E-state index contributed by atoms with van der Waals surface area (Å²) in [5.74, 6) is 0. The number of aliphatic hydroxyl groups is 1. The predicted molar refractivity (Wildman–Crippen MR) is 63.4 cm³/mol. The van der Waals surface area contributed by atoms with Crippen LogP contribution in [0, 0.1) is 12.3 Å². The van der Waals surface area contributed by atoms with Gasteiger partial charge in [0, 0.05) is 25.1 Å². The van der Waals surface area contributed by atoms with Gasteiger partial charge in [-0.1, -0.05) is 23.2 Å². The summed E-state index contributed by atoms with van der Waals surface area (Å²) in [5.41, 5.74) is 1.83. The molecule has 0 aliphatic heterocycles. The molecule has 0 amide bonds. The van der Waals surface area contributed by atoms with Crippen LogP contribution in [0.25, 0.3) is 0 Å². The Morgan fingerprint density at radius 3 is 2.59 bits per heavy atom. The minimum absolute atomic E-state index is 0.0970. The first-order valence-electron chi connectivity index (χ1n) is 6.23. The van der Waals surface area contributed by atoms with Crippen LogP contribution in [0.5, 0.6) is 0 Å². The van der Waals surface area contributed by atoms with Crippen molar-refractivity contribution >= 4 is 0 Å². The maximum Gasteiger partial charge on any atom is 0.122 e. The summed E-state index contributed by atoms with van der Waals surface area (Å²) in [7, 11) is 2.06. The first kappa shape index (κ1) is 12.5. The average molecular weight is 239 g/mol. The van der Waals surface area contributed by atoms with Crippen LogP contribution < -0.4 is 0 Å². The van der Waals surface area contributed by atoms with Gasteiger partial charge in [0.2, 0.25) is 0 Å². The molecule has 0 bridgehead atoms. The molecule has 5 heteroatoms. The fourth-order valence-electron chi connectivity index (χ4n) is 2.77. The lowest BCUT2D eigenvalue weighted by Gasteiger charge is -2.31. The molecule has 5 nitrogen and oxygen atoms in total. The molecular weight excluding hydrogens is 218 g/mol. The first-order chi connectivity index (χ1) is 8.15. The first-order valence-corrected chi connectivity index (χ1v) is 6.23. The Morgan fingerprint density at radius 2 is 2.06 bits per heavy atom. The zero-order chi connectivity index (χ0) is 12.3. The SMILES string of the molecule is Cc1nonc1CN(C)CC1(CO)CCCC1. The van der Waals surface area contributed by atoms with Gasteiger partial charge in [-0.25, -0.2) is 4.63 Å². The van der Waals surface area contributed by atoms with Crippen molar-refractivity contribution < 1.29 is 9.74 Å². The van der Waals surface area contributed by atoms with Gasteiger partial charge in [0.05, 0.1) is 0 Å². The fourth-order valence-corrected chi connectivity index (χ4v) is 2.77. The monoisotopic (exact) mass is 239 g/mol. The van der Waals surface area contributed by atoms with E-state index in [4.69, 9.17) is 4.63 Å². The van der Waals surface area contributed by atoms with Gasteiger partial charge >= 0.3 is 0 Å². The number of aromatic nitrogens is 2. The normalized spacial score (nSPS) is 19.1. The highest BCUT2D eigenvalue weighted by Gasteiger charge is 2.34. The lowest BCUT2D eigenvalue weighted by atomic mass is 9.86. The second kappa shape index (κ2) is 5.14. The highest BCUT2D eigenvalue weighted by molar-refractivity contribution is 5.04. The molecule has 0 atom stereocenters. The molecule has 2 rings (SSSR count). The summed E-state index contributed by atoms with van der Waals surface area (Å²) >= 11 is 0. The van der Waals surface area contributed by atoms with Crippen LogP contribution in [0.2, 0.25) is 0 Å². The minimum atomic E-state index is 0.0970. The van der Waals surface area contributed by atoms with E-state index in [9.17, 15) is 5.11 Å². The second-order valence-corrected chi connectivity index (χ2v) is 5.33. The van der Waals surface area contributed by atoms with Gasteiger partial charge < -0.3 is 5.11 Å². The highest BCUT2D eigenvalue weighted by Crippen LogP contribution is 2.38. The van der Waals surface area contributed by atoms with Gasteiger partial charge in [-0.15, -0.1) is 0 Å². The van der Waals surface area contributed by atoms with Crippen molar-refractivity contribution in [2.24, 2.45) is 5.41 Å². The Kier molecular flexibility index (Phi) is 3.79. The van der Waals surface area contributed by atoms with Crippen LogP contribution in [-0.2, 0) is 6.54 Å². The molecule has 0 aromatic carbocycles. The molecule has 0 radical (unpaired) electrons. The minimum Gasteiger partial charge on any atom is -0.396 e. The number of hydrogen-bond acceptors (Lipinski definition) is 5. The molecule has 0 spiro atoms.